The number of thiazole rings is 1. The highest BCUT2D eigenvalue weighted by Gasteiger charge is 2.00. The van der Waals surface area contributed by atoms with Crippen LogP contribution in [0, 0.1) is 6.92 Å². The van der Waals surface area contributed by atoms with Crippen LogP contribution in [0.4, 0.5) is 0 Å². The molecule has 0 aliphatic carbocycles. The van der Waals surface area contributed by atoms with Crippen LogP contribution in [0.15, 0.2) is 60.1 Å². The zero-order valence-corrected chi connectivity index (χ0v) is 15.9. The lowest BCUT2D eigenvalue weighted by atomic mass is 10.2. The number of nitrogens with zero attached hydrogens (tertiary/aromatic N) is 2. The van der Waals surface area contributed by atoms with E-state index in [9.17, 15) is 4.79 Å². The van der Waals surface area contributed by atoms with E-state index in [1.807, 2.05) is 54.8 Å². The van der Waals surface area contributed by atoms with Crippen molar-refractivity contribution in [3.63, 3.8) is 0 Å². The van der Waals surface area contributed by atoms with E-state index in [1.54, 1.807) is 23.6 Å². The van der Waals surface area contributed by atoms with Gasteiger partial charge in [-0.15, -0.1) is 11.3 Å². The van der Waals surface area contributed by atoms with Crippen molar-refractivity contribution < 1.29 is 9.53 Å². The van der Waals surface area contributed by atoms with Crippen LogP contribution in [0.3, 0.4) is 0 Å². The van der Waals surface area contributed by atoms with Gasteiger partial charge in [-0.25, -0.2) is 4.98 Å². The molecule has 0 radical (unpaired) electrons. The van der Waals surface area contributed by atoms with Crippen LogP contribution in [-0.4, -0.2) is 22.4 Å². The maximum atomic E-state index is 11.9. The second kappa shape index (κ2) is 9.64. The molecule has 0 aliphatic heterocycles. The molecule has 2 aromatic heterocycles. The van der Waals surface area contributed by atoms with Gasteiger partial charge in [-0.3, -0.25) is 9.78 Å². The van der Waals surface area contributed by atoms with Crippen LogP contribution >= 0.6 is 11.3 Å². The average Bonchev–Trinajstić information content (AvgIpc) is 3.12. The molecular weight excluding hydrogens is 358 g/mol. The van der Waals surface area contributed by atoms with Crippen molar-refractivity contribution in [1.82, 2.24) is 15.3 Å². The monoisotopic (exact) mass is 379 g/mol. The Hall–Kier alpha value is -2.99. The second-order valence-electron chi connectivity index (χ2n) is 5.91. The number of nitrogens with one attached hydrogen (secondary N) is 1. The van der Waals surface area contributed by atoms with Gasteiger partial charge < -0.3 is 10.1 Å². The number of ether oxygens (including phenoxy) is 1. The van der Waals surface area contributed by atoms with Gasteiger partial charge in [-0.1, -0.05) is 18.2 Å². The summed E-state index contributed by atoms with van der Waals surface area (Å²) in [5.41, 5.74) is 2.83. The molecule has 0 saturated carbocycles. The van der Waals surface area contributed by atoms with Crippen LogP contribution in [0.1, 0.15) is 22.0 Å². The summed E-state index contributed by atoms with van der Waals surface area (Å²) in [5, 5.41) is 5.89. The normalized spacial score (nSPS) is 10.9. The van der Waals surface area contributed by atoms with Gasteiger partial charge in [0.1, 0.15) is 12.4 Å². The third-order valence-electron chi connectivity index (χ3n) is 3.77. The molecular formula is C21H21N3O2S. The molecule has 0 spiro atoms. The third kappa shape index (κ3) is 6.34. The Bertz CT molecular complexity index is 889. The number of hydrogen-bond donors (Lipinski definition) is 1. The minimum Gasteiger partial charge on any atom is -0.487 e. The Morgan fingerprint density at radius 1 is 1.19 bits per heavy atom. The molecule has 27 heavy (non-hydrogen) atoms. The van der Waals surface area contributed by atoms with Gasteiger partial charge in [-0.05, 0) is 42.8 Å². The van der Waals surface area contributed by atoms with Crippen molar-refractivity contribution >= 4 is 23.3 Å². The van der Waals surface area contributed by atoms with E-state index in [4.69, 9.17) is 4.74 Å². The average molecular weight is 379 g/mol. The van der Waals surface area contributed by atoms with Crippen molar-refractivity contribution in [2.24, 2.45) is 0 Å². The molecule has 138 valence electrons. The molecule has 1 N–H and O–H groups in total. The topological polar surface area (TPSA) is 64.1 Å². The standard InChI is InChI=1S/C21H21N3O2S/c1-16-24-19(15-27-16)14-26-20-8-5-17(6-9-20)7-10-21(25)23-13-11-18-4-2-3-12-22-18/h2-10,12,15H,11,13-14H2,1H3,(H,23,25)/b10-7+. The SMILES string of the molecule is Cc1nc(COc2ccc(/C=C/C(=O)NCCc3ccccn3)cc2)cs1. The summed E-state index contributed by atoms with van der Waals surface area (Å²) in [6.07, 6.45) is 5.78. The molecule has 0 fully saturated rings. The van der Waals surface area contributed by atoms with E-state index in [0.717, 1.165) is 27.7 Å². The number of carbonyl (C=O) groups is 1. The summed E-state index contributed by atoms with van der Waals surface area (Å²) in [4.78, 5) is 20.5. The van der Waals surface area contributed by atoms with Crippen LogP contribution in [0.2, 0.25) is 0 Å². The number of pyridine rings is 1. The highest BCUT2D eigenvalue weighted by Crippen LogP contribution is 2.16. The van der Waals surface area contributed by atoms with E-state index in [0.29, 0.717) is 19.6 Å². The molecule has 0 aliphatic rings. The summed E-state index contributed by atoms with van der Waals surface area (Å²) in [6, 6.07) is 13.4. The van der Waals surface area contributed by atoms with Gasteiger partial charge in [0, 0.05) is 36.3 Å². The fourth-order valence-corrected chi connectivity index (χ4v) is 2.99. The number of hydrogen-bond acceptors (Lipinski definition) is 5. The van der Waals surface area contributed by atoms with Crippen LogP contribution < -0.4 is 10.1 Å². The van der Waals surface area contributed by atoms with Crippen molar-refractivity contribution in [1.29, 1.82) is 0 Å². The predicted molar refractivity (Wildman–Crippen MR) is 108 cm³/mol. The second-order valence-corrected chi connectivity index (χ2v) is 6.97. The summed E-state index contributed by atoms with van der Waals surface area (Å²) < 4.78 is 5.72. The zero-order chi connectivity index (χ0) is 18.9. The Morgan fingerprint density at radius 2 is 2.04 bits per heavy atom. The largest absolute Gasteiger partial charge is 0.487 e. The maximum Gasteiger partial charge on any atom is 0.244 e. The number of amides is 1. The number of aromatic nitrogens is 2. The number of carbonyl (C=O) groups excluding carboxylic acids is 1. The number of aryl methyl sites for hydroxylation is 1. The van der Waals surface area contributed by atoms with Gasteiger partial charge in [0.25, 0.3) is 0 Å². The summed E-state index contributed by atoms with van der Waals surface area (Å²) in [7, 11) is 0. The molecule has 0 bridgehead atoms. The lowest BCUT2D eigenvalue weighted by Gasteiger charge is -2.04. The fraction of sp³-hybridized carbons (Fsp3) is 0.190. The summed E-state index contributed by atoms with van der Waals surface area (Å²) in [5.74, 6) is 0.655. The molecule has 1 amide bonds. The summed E-state index contributed by atoms with van der Waals surface area (Å²) in [6.45, 7) is 2.99. The van der Waals surface area contributed by atoms with Crippen molar-refractivity contribution in [3.8, 4) is 5.75 Å². The molecule has 3 aromatic rings. The highest BCUT2D eigenvalue weighted by molar-refractivity contribution is 7.09. The van der Waals surface area contributed by atoms with Crippen molar-refractivity contribution in [2.75, 3.05) is 6.54 Å². The van der Waals surface area contributed by atoms with E-state index in [2.05, 4.69) is 15.3 Å². The molecule has 5 nitrogen and oxygen atoms in total. The molecule has 0 unspecified atom stereocenters. The number of benzene rings is 1. The van der Waals surface area contributed by atoms with Gasteiger partial charge in [-0.2, -0.15) is 0 Å². The van der Waals surface area contributed by atoms with E-state index < -0.39 is 0 Å². The first-order valence-corrected chi connectivity index (χ1v) is 9.57. The van der Waals surface area contributed by atoms with E-state index >= 15 is 0 Å². The van der Waals surface area contributed by atoms with Gasteiger partial charge in [0.15, 0.2) is 0 Å². The highest BCUT2D eigenvalue weighted by atomic mass is 32.1. The zero-order valence-electron chi connectivity index (χ0n) is 15.1. The molecule has 0 saturated heterocycles. The predicted octanol–water partition coefficient (Wildman–Crippen LogP) is 3.80. The van der Waals surface area contributed by atoms with Crippen molar-refractivity contribution in [3.05, 3.63) is 82.1 Å². The molecule has 6 heteroatoms. The van der Waals surface area contributed by atoms with Crippen molar-refractivity contribution in [2.45, 2.75) is 20.0 Å². The molecule has 0 atom stereocenters. The molecule has 2 heterocycles. The Morgan fingerprint density at radius 3 is 2.74 bits per heavy atom. The Kier molecular flexibility index (Phi) is 6.71. The van der Waals surface area contributed by atoms with Gasteiger partial charge in [0.2, 0.25) is 5.91 Å². The van der Waals surface area contributed by atoms with Crippen LogP contribution in [0.25, 0.3) is 6.08 Å². The molecule has 3 rings (SSSR count). The smallest absolute Gasteiger partial charge is 0.244 e. The Labute approximate surface area is 162 Å². The minimum atomic E-state index is -0.120. The van der Waals surface area contributed by atoms with E-state index in [1.165, 1.54) is 6.08 Å². The lowest BCUT2D eigenvalue weighted by molar-refractivity contribution is -0.116. The fourth-order valence-electron chi connectivity index (χ4n) is 2.40. The minimum absolute atomic E-state index is 0.120. The Balaban J connectivity index is 1.42. The van der Waals surface area contributed by atoms with Crippen LogP contribution in [-0.2, 0) is 17.8 Å². The quantitative estimate of drug-likeness (QED) is 0.605. The lowest BCUT2D eigenvalue weighted by Crippen LogP contribution is -2.23. The van der Waals surface area contributed by atoms with Gasteiger partial charge >= 0.3 is 0 Å². The third-order valence-corrected chi connectivity index (χ3v) is 4.59. The molecule has 1 aromatic carbocycles. The first-order chi connectivity index (χ1) is 13.2. The maximum absolute atomic E-state index is 11.9. The van der Waals surface area contributed by atoms with Crippen LogP contribution in [0.5, 0.6) is 5.75 Å². The summed E-state index contributed by atoms with van der Waals surface area (Å²) >= 11 is 1.61. The first kappa shape index (κ1) is 18.8. The first-order valence-electron chi connectivity index (χ1n) is 8.69. The van der Waals surface area contributed by atoms with E-state index in [-0.39, 0.29) is 5.91 Å². The van der Waals surface area contributed by atoms with Gasteiger partial charge in [0.05, 0.1) is 10.7 Å². The number of rotatable bonds is 8.